The van der Waals surface area contributed by atoms with Gasteiger partial charge < -0.3 is 9.83 Å². The first-order chi connectivity index (χ1) is 6.18. The summed E-state index contributed by atoms with van der Waals surface area (Å²) in [5.41, 5.74) is 2.42. The molecule has 1 aliphatic rings. The fraction of sp³-hybridized carbons (Fsp3) is 0.625. The van der Waals surface area contributed by atoms with Crippen LogP contribution in [0.15, 0.2) is 6.20 Å². The molecule has 0 bridgehead atoms. The molecule has 1 aromatic rings. The molecule has 0 saturated carbocycles. The highest BCUT2D eigenvalue weighted by Crippen LogP contribution is 2.21. The Kier molecular flexibility index (Phi) is 2.13. The number of hydrogen-bond donors (Lipinski definition) is 2. The molecule has 1 aliphatic heterocycles. The summed E-state index contributed by atoms with van der Waals surface area (Å²) in [6.07, 6.45) is 2.85. The Labute approximate surface area is 78.1 Å². The third kappa shape index (κ3) is 1.49. The van der Waals surface area contributed by atoms with Crippen LogP contribution in [-0.4, -0.2) is 33.1 Å². The van der Waals surface area contributed by atoms with E-state index in [2.05, 4.69) is 21.9 Å². The lowest BCUT2D eigenvalue weighted by Crippen LogP contribution is -2.46. The van der Waals surface area contributed by atoms with Crippen molar-refractivity contribution in [1.29, 1.82) is 0 Å². The van der Waals surface area contributed by atoms with E-state index < -0.39 is 0 Å². The first-order valence-electron chi connectivity index (χ1n) is 4.63. The van der Waals surface area contributed by atoms with Crippen LogP contribution in [0.5, 0.6) is 0 Å². The van der Waals surface area contributed by atoms with Crippen LogP contribution in [-0.2, 0) is 13.0 Å². The van der Waals surface area contributed by atoms with E-state index in [0.717, 1.165) is 18.7 Å². The van der Waals surface area contributed by atoms with Crippen molar-refractivity contribution in [3.63, 3.8) is 0 Å². The van der Waals surface area contributed by atoms with Crippen molar-refractivity contribution in [2.24, 2.45) is 0 Å². The molecule has 4 nitrogen and oxygen atoms in total. The Morgan fingerprint density at radius 1 is 1.77 bits per heavy atom. The van der Waals surface area contributed by atoms with Gasteiger partial charge in [-0.1, -0.05) is 6.92 Å². The summed E-state index contributed by atoms with van der Waals surface area (Å²) in [6.45, 7) is 4.70. The van der Waals surface area contributed by atoms with Gasteiger partial charge in [0.15, 0.2) is 0 Å². The van der Waals surface area contributed by atoms with Crippen LogP contribution >= 0.6 is 0 Å². The average molecular weight is 179 g/mol. The molecular weight excluding hydrogens is 165 g/mol. The van der Waals surface area contributed by atoms with Crippen LogP contribution in [0.1, 0.15) is 18.2 Å². The lowest BCUT2D eigenvalue weighted by molar-refractivity contribution is 0.271. The predicted octanol–water partition coefficient (Wildman–Crippen LogP) is 0.267. The zero-order chi connectivity index (χ0) is 9.42. The largest absolute Gasteiger partial charge is 0.437 e. The van der Waals surface area contributed by atoms with Crippen LogP contribution < -0.4 is 0 Å². The first-order valence-corrected chi connectivity index (χ1v) is 4.63. The first kappa shape index (κ1) is 8.78. The van der Waals surface area contributed by atoms with Gasteiger partial charge in [0.05, 0.1) is 11.9 Å². The molecule has 0 radical (unpaired) electrons. The predicted molar refractivity (Wildman–Crippen MR) is 51.1 cm³/mol. The lowest BCUT2D eigenvalue weighted by Gasteiger charge is -2.33. The van der Waals surface area contributed by atoms with E-state index >= 15 is 0 Å². The van der Waals surface area contributed by atoms with Gasteiger partial charge >= 0.3 is 7.05 Å². The molecule has 0 saturated heterocycles. The molecule has 0 amide bonds. The van der Waals surface area contributed by atoms with Gasteiger partial charge in [-0.25, -0.2) is 0 Å². The maximum atomic E-state index is 9.50. The second-order valence-corrected chi connectivity index (χ2v) is 3.73. The van der Waals surface area contributed by atoms with E-state index in [0.29, 0.717) is 6.04 Å². The van der Waals surface area contributed by atoms with Gasteiger partial charge in [-0.3, -0.25) is 5.10 Å². The van der Waals surface area contributed by atoms with E-state index in [1.54, 1.807) is 6.82 Å². The van der Waals surface area contributed by atoms with E-state index in [-0.39, 0.29) is 7.05 Å². The zero-order valence-electron chi connectivity index (χ0n) is 7.99. The van der Waals surface area contributed by atoms with Gasteiger partial charge in [0, 0.05) is 12.6 Å². The van der Waals surface area contributed by atoms with Crippen molar-refractivity contribution in [1.82, 2.24) is 15.0 Å². The number of aromatic amines is 1. The fourth-order valence-electron chi connectivity index (χ4n) is 1.92. The van der Waals surface area contributed by atoms with Crippen LogP contribution in [0.3, 0.4) is 0 Å². The molecule has 0 spiro atoms. The smallest absolute Gasteiger partial charge is 0.376 e. The van der Waals surface area contributed by atoms with Crippen molar-refractivity contribution in [3.05, 3.63) is 17.5 Å². The monoisotopic (exact) mass is 179 g/mol. The van der Waals surface area contributed by atoms with Crippen molar-refractivity contribution < 1.29 is 5.02 Å². The van der Waals surface area contributed by atoms with Gasteiger partial charge in [0.2, 0.25) is 0 Å². The molecule has 0 unspecified atom stereocenters. The molecular formula is C8H14BN3O. The normalized spacial score (nSPS) is 22.8. The number of nitrogens with one attached hydrogen (secondary N) is 1. The van der Waals surface area contributed by atoms with Crippen molar-refractivity contribution in [3.8, 4) is 0 Å². The highest BCUT2D eigenvalue weighted by atomic mass is 16.2. The standard InChI is InChI=1S/C8H14BN3O/c1-6-3-7-4-10-11-8(7)5-12(6)9(2)13/h4,6,13H,3,5H2,1-2H3,(H,10,11)/t6-/m1/s1. The Morgan fingerprint density at radius 3 is 3.23 bits per heavy atom. The minimum Gasteiger partial charge on any atom is -0.437 e. The third-order valence-corrected chi connectivity index (χ3v) is 2.71. The minimum absolute atomic E-state index is 0.383. The molecule has 1 aromatic heterocycles. The summed E-state index contributed by atoms with van der Waals surface area (Å²) in [7, 11) is -0.383. The van der Waals surface area contributed by atoms with Crippen LogP contribution in [0.4, 0.5) is 0 Å². The summed E-state index contributed by atoms with van der Waals surface area (Å²) < 4.78 is 0. The van der Waals surface area contributed by atoms with Crippen molar-refractivity contribution >= 4 is 7.05 Å². The van der Waals surface area contributed by atoms with E-state index in [9.17, 15) is 5.02 Å². The molecule has 13 heavy (non-hydrogen) atoms. The fourth-order valence-corrected chi connectivity index (χ4v) is 1.92. The van der Waals surface area contributed by atoms with Gasteiger partial charge in [-0.15, -0.1) is 0 Å². The molecule has 1 atom stereocenters. The van der Waals surface area contributed by atoms with Gasteiger partial charge in [0.25, 0.3) is 0 Å². The molecule has 70 valence electrons. The number of nitrogens with zero attached hydrogens (tertiary/aromatic N) is 2. The van der Waals surface area contributed by atoms with Crippen LogP contribution in [0.2, 0.25) is 6.82 Å². The maximum absolute atomic E-state index is 9.50. The molecule has 5 heteroatoms. The number of aromatic nitrogens is 2. The highest BCUT2D eigenvalue weighted by Gasteiger charge is 2.28. The summed E-state index contributed by atoms with van der Waals surface area (Å²) in [4.78, 5) is 2.06. The molecule has 2 heterocycles. The molecule has 2 N–H and O–H groups in total. The number of H-pyrrole nitrogens is 1. The van der Waals surface area contributed by atoms with Gasteiger partial charge in [-0.05, 0) is 18.8 Å². The molecule has 0 fully saturated rings. The molecule has 0 aromatic carbocycles. The average Bonchev–Trinajstić information content (AvgIpc) is 2.48. The second-order valence-electron chi connectivity index (χ2n) is 3.73. The maximum Gasteiger partial charge on any atom is 0.376 e. The van der Waals surface area contributed by atoms with Gasteiger partial charge in [-0.2, -0.15) is 5.10 Å². The zero-order valence-corrected chi connectivity index (χ0v) is 7.99. The Bertz CT molecular complexity index is 299. The number of fused-ring (bicyclic) bond motifs is 1. The van der Waals surface area contributed by atoms with Crippen LogP contribution in [0, 0.1) is 0 Å². The van der Waals surface area contributed by atoms with Crippen molar-refractivity contribution in [2.75, 3.05) is 0 Å². The topological polar surface area (TPSA) is 52.1 Å². The molecule has 0 aliphatic carbocycles. The summed E-state index contributed by atoms with van der Waals surface area (Å²) >= 11 is 0. The Morgan fingerprint density at radius 2 is 2.54 bits per heavy atom. The lowest BCUT2D eigenvalue weighted by atomic mass is 9.80. The SMILES string of the molecule is CB(O)N1Cc2[nH]ncc2C[C@H]1C. The highest BCUT2D eigenvalue weighted by molar-refractivity contribution is 6.45. The van der Waals surface area contributed by atoms with E-state index in [4.69, 9.17) is 0 Å². The minimum atomic E-state index is -0.383. The summed E-state index contributed by atoms with van der Waals surface area (Å²) in [5.74, 6) is 0. The Balaban J connectivity index is 2.22. The second kappa shape index (κ2) is 3.16. The quantitative estimate of drug-likeness (QED) is 0.608. The summed E-state index contributed by atoms with van der Waals surface area (Å²) in [5, 5.41) is 16.5. The van der Waals surface area contributed by atoms with Crippen molar-refractivity contribution in [2.45, 2.75) is 32.8 Å². The van der Waals surface area contributed by atoms with Gasteiger partial charge in [0.1, 0.15) is 0 Å². The van der Waals surface area contributed by atoms with E-state index in [1.165, 1.54) is 5.56 Å². The third-order valence-electron chi connectivity index (χ3n) is 2.71. The number of rotatable bonds is 1. The van der Waals surface area contributed by atoms with E-state index in [1.807, 2.05) is 6.20 Å². The Hall–Kier alpha value is -0.805. The number of hydrogen-bond acceptors (Lipinski definition) is 3. The van der Waals surface area contributed by atoms with Crippen LogP contribution in [0.25, 0.3) is 0 Å². The molecule has 2 rings (SSSR count). The summed E-state index contributed by atoms with van der Waals surface area (Å²) in [6, 6.07) is 0.394.